The molecule has 0 spiro atoms. The van der Waals surface area contributed by atoms with Crippen LogP contribution in [0.4, 0.5) is 0 Å². The number of rotatable bonds is 4. The first-order valence-corrected chi connectivity index (χ1v) is 9.14. The number of amides is 2. The molecule has 2 aliphatic rings. The van der Waals surface area contributed by atoms with Gasteiger partial charge in [0.1, 0.15) is 18.2 Å². The molecule has 0 saturated carbocycles. The van der Waals surface area contributed by atoms with Crippen molar-refractivity contribution in [2.45, 2.75) is 51.1 Å². The second kappa shape index (κ2) is 6.89. The van der Waals surface area contributed by atoms with Gasteiger partial charge in [-0.3, -0.25) is 9.59 Å². The van der Waals surface area contributed by atoms with Gasteiger partial charge < -0.3 is 19.8 Å². The molecule has 0 bridgehead atoms. The summed E-state index contributed by atoms with van der Waals surface area (Å²) in [5.74, 6) is 2.06. The third-order valence-electron chi connectivity index (χ3n) is 5.27. The summed E-state index contributed by atoms with van der Waals surface area (Å²) in [5.41, 5.74) is 5.30. The third kappa shape index (κ3) is 3.09. The van der Waals surface area contributed by atoms with Crippen LogP contribution in [0.3, 0.4) is 0 Å². The molecule has 9 heteroatoms. The van der Waals surface area contributed by atoms with Gasteiger partial charge in [-0.25, -0.2) is 4.98 Å². The number of piperidine rings is 1. The van der Waals surface area contributed by atoms with E-state index < -0.39 is 0 Å². The maximum atomic E-state index is 12.9. The number of likely N-dealkylation sites (tertiary alicyclic amines) is 1. The van der Waals surface area contributed by atoms with Crippen LogP contribution in [0.25, 0.3) is 0 Å². The first kappa shape index (κ1) is 16.7. The first-order chi connectivity index (χ1) is 12.6. The molecule has 0 aromatic carbocycles. The molecule has 1 saturated heterocycles. The summed E-state index contributed by atoms with van der Waals surface area (Å²) in [6.07, 6.45) is 8.15. The van der Waals surface area contributed by atoms with Gasteiger partial charge in [-0.15, -0.1) is 10.2 Å². The smallest absolute Gasteiger partial charge is 0.291 e. The molecule has 2 aliphatic heterocycles. The van der Waals surface area contributed by atoms with Crippen LogP contribution in [0, 0.1) is 0 Å². The van der Waals surface area contributed by atoms with Gasteiger partial charge in [-0.05, 0) is 25.7 Å². The highest BCUT2D eigenvalue weighted by molar-refractivity contribution is 5.90. The fourth-order valence-electron chi connectivity index (χ4n) is 3.93. The van der Waals surface area contributed by atoms with E-state index >= 15 is 0 Å². The molecule has 0 radical (unpaired) electrons. The second-order valence-corrected chi connectivity index (χ2v) is 6.99. The molecule has 1 fully saturated rings. The number of nitrogens with two attached hydrogens (primary N) is 1. The number of hydrogen-bond donors (Lipinski definition) is 1. The van der Waals surface area contributed by atoms with Gasteiger partial charge in [-0.1, -0.05) is 0 Å². The minimum Gasteiger partial charge on any atom is -0.368 e. The van der Waals surface area contributed by atoms with Crippen molar-refractivity contribution in [1.29, 1.82) is 0 Å². The summed E-state index contributed by atoms with van der Waals surface area (Å²) in [6, 6.07) is 0. The summed E-state index contributed by atoms with van der Waals surface area (Å²) >= 11 is 0. The highest BCUT2D eigenvalue weighted by Gasteiger charge is 2.30. The Morgan fingerprint density at radius 1 is 1.15 bits per heavy atom. The van der Waals surface area contributed by atoms with Crippen LogP contribution in [-0.4, -0.2) is 54.1 Å². The van der Waals surface area contributed by atoms with E-state index in [4.69, 9.17) is 5.73 Å². The maximum Gasteiger partial charge on any atom is 0.291 e. The molecule has 9 nitrogen and oxygen atoms in total. The van der Waals surface area contributed by atoms with Crippen LogP contribution in [0.15, 0.2) is 12.4 Å². The largest absolute Gasteiger partial charge is 0.368 e. The molecule has 2 amide bonds. The van der Waals surface area contributed by atoms with Crippen molar-refractivity contribution < 1.29 is 9.59 Å². The number of primary amides is 1. The number of carbonyl (C=O) groups excluding carboxylic acids is 2. The summed E-state index contributed by atoms with van der Waals surface area (Å²) < 4.78 is 3.77. The number of hydrogen-bond acceptors (Lipinski definition) is 5. The Bertz CT molecular complexity index is 817. The minimum absolute atomic E-state index is 0.0374. The molecular weight excluding hydrogens is 334 g/mol. The van der Waals surface area contributed by atoms with Crippen molar-refractivity contribution in [3.05, 3.63) is 29.9 Å². The van der Waals surface area contributed by atoms with E-state index in [2.05, 4.69) is 15.2 Å². The molecule has 2 aromatic heterocycles. The molecule has 0 atom stereocenters. The van der Waals surface area contributed by atoms with Crippen molar-refractivity contribution in [2.24, 2.45) is 5.73 Å². The second-order valence-electron chi connectivity index (χ2n) is 6.99. The molecule has 0 aliphatic carbocycles. The number of imidazole rings is 1. The van der Waals surface area contributed by atoms with E-state index in [9.17, 15) is 9.59 Å². The van der Waals surface area contributed by atoms with Crippen molar-refractivity contribution >= 4 is 11.8 Å². The average molecular weight is 357 g/mol. The van der Waals surface area contributed by atoms with E-state index in [0.29, 0.717) is 18.9 Å². The zero-order valence-electron chi connectivity index (χ0n) is 14.7. The average Bonchev–Trinajstić information content (AvgIpc) is 3.27. The van der Waals surface area contributed by atoms with Crippen molar-refractivity contribution in [3.63, 3.8) is 0 Å². The van der Waals surface area contributed by atoms with Crippen LogP contribution in [0.2, 0.25) is 0 Å². The van der Waals surface area contributed by atoms with Crippen LogP contribution in [0.1, 0.15) is 53.9 Å². The zero-order valence-corrected chi connectivity index (χ0v) is 14.7. The van der Waals surface area contributed by atoms with Gasteiger partial charge in [0.25, 0.3) is 5.91 Å². The van der Waals surface area contributed by atoms with E-state index in [0.717, 1.165) is 50.3 Å². The number of aryl methyl sites for hydroxylation is 1. The predicted octanol–water partition coefficient (Wildman–Crippen LogP) is 0.316. The lowest BCUT2D eigenvalue weighted by molar-refractivity contribution is -0.118. The van der Waals surface area contributed by atoms with Crippen molar-refractivity contribution in [3.8, 4) is 0 Å². The number of nitrogens with zero attached hydrogens (tertiary/aromatic N) is 6. The van der Waals surface area contributed by atoms with E-state index in [1.54, 1.807) is 17.0 Å². The molecular formula is C17H23N7O2. The molecule has 0 unspecified atom stereocenters. The van der Waals surface area contributed by atoms with Crippen LogP contribution in [0.5, 0.6) is 0 Å². The van der Waals surface area contributed by atoms with Crippen molar-refractivity contribution in [1.82, 2.24) is 29.2 Å². The summed E-state index contributed by atoms with van der Waals surface area (Å²) in [7, 11) is 0. The Kier molecular flexibility index (Phi) is 4.44. The summed E-state index contributed by atoms with van der Waals surface area (Å²) in [4.78, 5) is 30.3. The fraction of sp³-hybridized carbons (Fsp3) is 0.588. The Morgan fingerprint density at radius 2 is 1.96 bits per heavy atom. The van der Waals surface area contributed by atoms with E-state index in [1.807, 2.05) is 9.47 Å². The standard InChI is InChI=1S/C17H23N7O2/c18-13(25)11-23-10-6-19-15(23)12-4-8-22(9-5-12)17(26)16-21-20-14-3-1-2-7-24(14)16/h6,10,12H,1-5,7-9,11H2,(H2,18,25). The molecule has 2 N–H and O–H groups in total. The third-order valence-corrected chi connectivity index (χ3v) is 5.27. The van der Waals surface area contributed by atoms with Gasteiger partial charge in [0.15, 0.2) is 0 Å². The predicted molar refractivity (Wildman–Crippen MR) is 92.3 cm³/mol. The summed E-state index contributed by atoms with van der Waals surface area (Å²) in [6.45, 7) is 2.26. The normalized spacial score (nSPS) is 17.9. The van der Waals surface area contributed by atoms with Crippen LogP contribution >= 0.6 is 0 Å². The fourth-order valence-corrected chi connectivity index (χ4v) is 3.93. The number of fused-ring (bicyclic) bond motifs is 1. The Hall–Kier alpha value is -2.71. The van der Waals surface area contributed by atoms with Gasteiger partial charge in [0, 0.05) is 44.4 Å². The molecule has 2 aromatic rings. The van der Waals surface area contributed by atoms with Gasteiger partial charge >= 0.3 is 0 Å². The van der Waals surface area contributed by atoms with Crippen LogP contribution < -0.4 is 5.73 Å². The highest BCUT2D eigenvalue weighted by Crippen LogP contribution is 2.28. The SMILES string of the molecule is NC(=O)Cn1ccnc1C1CCN(C(=O)c2nnc3n2CCCC3)CC1. The Morgan fingerprint density at radius 3 is 2.73 bits per heavy atom. The van der Waals surface area contributed by atoms with E-state index in [1.165, 1.54) is 0 Å². The number of carbonyl (C=O) groups is 2. The Labute approximate surface area is 151 Å². The zero-order chi connectivity index (χ0) is 18.1. The van der Waals surface area contributed by atoms with Gasteiger partial charge in [0.2, 0.25) is 11.7 Å². The van der Waals surface area contributed by atoms with Crippen molar-refractivity contribution in [2.75, 3.05) is 13.1 Å². The lowest BCUT2D eigenvalue weighted by Crippen LogP contribution is -2.40. The molecule has 26 heavy (non-hydrogen) atoms. The Balaban J connectivity index is 1.42. The summed E-state index contributed by atoms with van der Waals surface area (Å²) in [5, 5.41) is 8.32. The lowest BCUT2D eigenvalue weighted by atomic mass is 9.95. The highest BCUT2D eigenvalue weighted by atomic mass is 16.2. The lowest BCUT2D eigenvalue weighted by Gasteiger charge is -2.31. The molecule has 4 heterocycles. The molecule has 4 rings (SSSR count). The minimum atomic E-state index is -0.381. The van der Waals surface area contributed by atoms with E-state index in [-0.39, 0.29) is 24.3 Å². The van der Waals surface area contributed by atoms with Gasteiger partial charge in [0.05, 0.1) is 0 Å². The van der Waals surface area contributed by atoms with Crippen LogP contribution in [-0.2, 0) is 24.3 Å². The quantitative estimate of drug-likeness (QED) is 0.847. The first-order valence-electron chi connectivity index (χ1n) is 9.14. The number of aromatic nitrogens is 5. The maximum absolute atomic E-state index is 12.9. The molecule has 138 valence electrons. The van der Waals surface area contributed by atoms with Gasteiger partial charge in [-0.2, -0.15) is 0 Å². The topological polar surface area (TPSA) is 112 Å². The monoisotopic (exact) mass is 357 g/mol.